The van der Waals surface area contributed by atoms with Crippen LogP contribution in [0.5, 0.6) is 5.75 Å². The Morgan fingerprint density at radius 3 is 2.52 bits per heavy atom. The predicted octanol–water partition coefficient (Wildman–Crippen LogP) is 6.10. The number of carbonyl (C=O) groups is 2. The number of anilines is 1. The van der Waals surface area contributed by atoms with Crippen LogP contribution in [0.2, 0.25) is 0 Å². The fourth-order valence-electron chi connectivity index (χ4n) is 5.70. The Balaban J connectivity index is 1.14. The SMILES string of the molecule is O=C1CC(CC(=O)Nc2ccc(-c3sc4ccccc4c3Cc3ccc(OCCN4CCCC4)cc3)cc2)CN1. The Morgan fingerprint density at radius 1 is 1.00 bits per heavy atom. The third-order valence-electron chi connectivity index (χ3n) is 7.84. The van der Waals surface area contributed by atoms with Crippen molar-refractivity contribution < 1.29 is 14.3 Å². The molecule has 6 rings (SSSR count). The van der Waals surface area contributed by atoms with Gasteiger partial charge in [-0.25, -0.2) is 0 Å². The van der Waals surface area contributed by atoms with E-state index in [0.717, 1.165) is 36.6 Å². The van der Waals surface area contributed by atoms with Gasteiger partial charge in [-0.15, -0.1) is 11.3 Å². The van der Waals surface area contributed by atoms with E-state index in [1.807, 2.05) is 23.5 Å². The average molecular weight is 554 g/mol. The Labute approximate surface area is 239 Å². The molecular weight excluding hydrogens is 518 g/mol. The van der Waals surface area contributed by atoms with Gasteiger partial charge in [0.15, 0.2) is 0 Å². The second kappa shape index (κ2) is 12.2. The van der Waals surface area contributed by atoms with Gasteiger partial charge < -0.3 is 15.4 Å². The van der Waals surface area contributed by atoms with E-state index in [2.05, 4.69) is 76.2 Å². The molecule has 40 heavy (non-hydrogen) atoms. The van der Waals surface area contributed by atoms with Gasteiger partial charge >= 0.3 is 0 Å². The summed E-state index contributed by atoms with van der Waals surface area (Å²) < 4.78 is 7.28. The van der Waals surface area contributed by atoms with Crippen LogP contribution in [-0.4, -0.2) is 49.5 Å². The molecule has 0 saturated carbocycles. The van der Waals surface area contributed by atoms with Crippen LogP contribution in [-0.2, 0) is 16.0 Å². The predicted molar refractivity (Wildman–Crippen MR) is 162 cm³/mol. The van der Waals surface area contributed by atoms with E-state index in [-0.39, 0.29) is 17.7 Å². The molecule has 0 radical (unpaired) electrons. The first-order valence-corrected chi connectivity index (χ1v) is 15.0. The molecule has 1 atom stereocenters. The van der Waals surface area contributed by atoms with Gasteiger partial charge in [-0.1, -0.05) is 42.5 Å². The van der Waals surface area contributed by atoms with E-state index in [1.165, 1.54) is 52.0 Å². The quantitative estimate of drug-likeness (QED) is 0.249. The molecule has 2 aliphatic rings. The summed E-state index contributed by atoms with van der Waals surface area (Å²) in [6.45, 7) is 4.69. The number of ether oxygens (including phenoxy) is 1. The van der Waals surface area contributed by atoms with Crippen molar-refractivity contribution in [1.29, 1.82) is 0 Å². The zero-order chi connectivity index (χ0) is 27.3. The third kappa shape index (κ3) is 6.37. The van der Waals surface area contributed by atoms with Crippen LogP contribution in [0.15, 0.2) is 72.8 Å². The Hall–Kier alpha value is -3.68. The monoisotopic (exact) mass is 553 g/mol. The van der Waals surface area contributed by atoms with Crippen molar-refractivity contribution in [1.82, 2.24) is 10.2 Å². The van der Waals surface area contributed by atoms with Gasteiger partial charge in [-0.2, -0.15) is 0 Å². The van der Waals surface area contributed by atoms with Crippen molar-refractivity contribution in [2.24, 2.45) is 5.92 Å². The van der Waals surface area contributed by atoms with Crippen LogP contribution in [0, 0.1) is 5.92 Å². The molecule has 0 aliphatic carbocycles. The molecule has 3 heterocycles. The third-order valence-corrected chi connectivity index (χ3v) is 9.11. The first kappa shape index (κ1) is 26.5. The van der Waals surface area contributed by atoms with Gasteiger partial charge in [-0.3, -0.25) is 14.5 Å². The van der Waals surface area contributed by atoms with E-state index in [0.29, 0.717) is 19.4 Å². The van der Waals surface area contributed by atoms with E-state index in [4.69, 9.17) is 4.74 Å². The highest BCUT2D eigenvalue weighted by Gasteiger charge is 2.24. The number of hydrogen-bond donors (Lipinski definition) is 2. The van der Waals surface area contributed by atoms with Crippen molar-refractivity contribution in [3.63, 3.8) is 0 Å². The van der Waals surface area contributed by atoms with Crippen LogP contribution in [0.25, 0.3) is 20.5 Å². The highest BCUT2D eigenvalue weighted by atomic mass is 32.1. The minimum atomic E-state index is -0.0553. The van der Waals surface area contributed by atoms with Crippen LogP contribution in [0.4, 0.5) is 5.69 Å². The summed E-state index contributed by atoms with van der Waals surface area (Å²) in [5, 5.41) is 7.07. The molecule has 0 spiro atoms. The summed E-state index contributed by atoms with van der Waals surface area (Å²) in [5.41, 5.74) is 4.48. The lowest BCUT2D eigenvalue weighted by Gasteiger charge is -2.15. The van der Waals surface area contributed by atoms with Gasteiger partial charge in [0.05, 0.1) is 0 Å². The summed E-state index contributed by atoms with van der Waals surface area (Å²) >= 11 is 1.81. The zero-order valence-corrected chi connectivity index (χ0v) is 23.5. The Morgan fingerprint density at radius 2 is 1.77 bits per heavy atom. The van der Waals surface area contributed by atoms with Gasteiger partial charge in [-0.05, 0) is 90.7 Å². The standard InChI is InChI=1S/C33H35N3O3S/c37-31-20-24(22-34-31)21-32(38)35-26-11-9-25(10-12-26)33-29(28-5-1-2-6-30(28)40-33)19-23-7-13-27(14-8-23)39-18-17-36-15-3-4-16-36/h1-2,5-14,24H,3-4,15-22H2,(H,34,37)(H,35,38). The highest BCUT2D eigenvalue weighted by Crippen LogP contribution is 2.40. The van der Waals surface area contributed by atoms with Gasteiger partial charge in [0, 0.05) is 41.2 Å². The van der Waals surface area contributed by atoms with Gasteiger partial charge in [0.1, 0.15) is 12.4 Å². The number of amides is 2. The van der Waals surface area contributed by atoms with Crippen molar-refractivity contribution in [3.05, 3.63) is 83.9 Å². The Bertz CT molecular complexity index is 1470. The minimum absolute atomic E-state index is 0.0264. The van der Waals surface area contributed by atoms with E-state index in [9.17, 15) is 9.59 Å². The van der Waals surface area contributed by atoms with Crippen molar-refractivity contribution >= 4 is 38.9 Å². The first-order chi connectivity index (χ1) is 19.6. The largest absolute Gasteiger partial charge is 0.492 e. The van der Waals surface area contributed by atoms with E-state index >= 15 is 0 Å². The van der Waals surface area contributed by atoms with Crippen LogP contribution in [0.1, 0.15) is 36.8 Å². The number of thiophene rings is 1. The fourth-order valence-corrected chi connectivity index (χ4v) is 6.93. The number of rotatable bonds is 10. The molecule has 2 aliphatic heterocycles. The summed E-state index contributed by atoms with van der Waals surface area (Å²) in [6.07, 6.45) is 4.22. The lowest BCUT2D eigenvalue weighted by Crippen LogP contribution is -2.25. The average Bonchev–Trinajstić information content (AvgIpc) is 3.71. The maximum absolute atomic E-state index is 12.5. The van der Waals surface area contributed by atoms with E-state index < -0.39 is 0 Å². The molecule has 2 fully saturated rings. The normalized spacial score (nSPS) is 17.3. The molecule has 3 aromatic carbocycles. The molecule has 2 amide bonds. The van der Waals surface area contributed by atoms with Crippen LogP contribution >= 0.6 is 11.3 Å². The maximum atomic E-state index is 12.5. The second-order valence-corrected chi connectivity index (χ2v) is 11.9. The number of hydrogen-bond acceptors (Lipinski definition) is 5. The molecule has 6 nitrogen and oxygen atoms in total. The number of benzene rings is 3. The number of carbonyl (C=O) groups excluding carboxylic acids is 2. The lowest BCUT2D eigenvalue weighted by atomic mass is 9.99. The smallest absolute Gasteiger partial charge is 0.224 e. The summed E-state index contributed by atoms with van der Waals surface area (Å²) in [4.78, 5) is 27.6. The zero-order valence-electron chi connectivity index (χ0n) is 22.7. The molecule has 0 bridgehead atoms. The summed E-state index contributed by atoms with van der Waals surface area (Å²) in [5.74, 6) is 0.967. The van der Waals surface area contributed by atoms with E-state index in [1.54, 1.807) is 0 Å². The first-order valence-electron chi connectivity index (χ1n) is 14.2. The van der Waals surface area contributed by atoms with Crippen LogP contribution < -0.4 is 15.4 Å². The molecule has 2 saturated heterocycles. The topological polar surface area (TPSA) is 70.7 Å². The number of nitrogens with one attached hydrogen (secondary N) is 2. The number of nitrogens with zero attached hydrogens (tertiary/aromatic N) is 1. The molecule has 2 N–H and O–H groups in total. The Kier molecular flexibility index (Phi) is 8.11. The summed E-state index contributed by atoms with van der Waals surface area (Å²) in [6, 6.07) is 25.2. The molecule has 4 aromatic rings. The van der Waals surface area contributed by atoms with Gasteiger partial charge in [0.25, 0.3) is 0 Å². The van der Waals surface area contributed by atoms with Gasteiger partial charge in [0.2, 0.25) is 11.8 Å². The summed E-state index contributed by atoms with van der Waals surface area (Å²) in [7, 11) is 0. The highest BCUT2D eigenvalue weighted by molar-refractivity contribution is 7.22. The van der Waals surface area contributed by atoms with Crippen molar-refractivity contribution in [2.45, 2.75) is 32.1 Å². The van der Waals surface area contributed by atoms with Crippen LogP contribution in [0.3, 0.4) is 0 Å². The number of likely N-dealkylation sites (tertiary alicyclic amines) is 1. The maximum Gasteiger partial charge on any atom is 0.224 e. The number of fused-ring (bicyclic) bond motifs is 1. The van der Waals surface area contributed by atoms with Crippen molar-refractivity contribution in [2.75, 3.05) is 38.1 Å². The lowest BCUT2D eigenvalue weighted by molar-refractivity contribution is -0.119. The molecular formula is C33H35N3O3S. The second-order valence-electron chi connectivity index (χ2n) is 10.8. The van der Waals surface area contributed by atoms with Crippen molar-refractivity contribution in [3.8, 4) is 16.2 Å². The molecule has 206 valence electrons. The molecule has 1 aromatic heterocycles. The fraction of sp³-hybridized carbons (Fsp3) is 0.333. The molecule has 1 unspecified atom stereocenters. The minimum Gasteiger partial charge on any atom is -0.492 e. The molecule has 7 heteroatoms.